The summed E-state index contributed by atoms with van der Waals surface area (Å²) in [5, 5.41) is 2.89. The van der Waals surface area contributed by atoms with Crippen molar-refractivity contribution in [3.63, 3.8) is 0 Å². The van der Waals surface area contributed by atoms with Crippen LogP contribution in [0.4, 0.5) is 21.6 Å². The van der Waals surface area contributed by atoms with Crippen LogP contribution in [0.5, 0.6) is 5.75 Å². The van der Waals surface area contributed by atoms with Crippen molar-refractivity contribution in [3.8, 4) is 5.75 Å². The van der Waals surface area contributed by atoms with Gasteiger partial charge in [0.25, 0.3) is 0 Å². The maximum Gasteiger partial charge on any atom is 0.233 e. The molecule has 2 N–H and O–H groups in total. The number of nitrogens with zero attached hydrogens (tertiary/aromatic N) is 2. The second-order valence-corrected chi connectivity index (χ2v) is 14.1. The Morgan fingerprint density at radius 3 is 2.74 bits per heavy atom. The van der Waals surface area contributed by atoms with E-state index in [0.717, 1.165) is 0 Å². The van der Waals surface area contributed by atoms with Crippen molar-refractivity contribution in [1.29, 1.82) is 0 Å². The normalized spacial score (nSPS) is 17.6. The van der Waals surface area contributed by atoms with Gasteiger partial charge in [0.05, 0.1) is 34.3 Å². The molecule has 0 spiro atoms. The van der Waals surface area contributed by atoms with E-state index in [9.17, 15) is 21.2 Å². The maximum atomic E-state index is 13.5. The van der Waals surface area contributed by atoms with Gasteiger partial charge >= 0.3 is 0 Å². The standard InChI is InChI=1S/C20H20ClFN4O5S3/c1-2-31-19-9-17-14(20(24-11-23-17)25-12-3-4-16(22)15(21)7-12)8-18(19)26-33(27,28)10-13-5-6-34(29,30)32-13/h3-4,7-9,11,13,26H,2,5-6,10H2,1H3,(H,23,24,25). The molecule has 1 aliphatic heterocycles. The van der Waals surface area contributed by atoms with E-state index >= 15 is 0 Å². The van der Waals surface area contributed by atoms with Crippen LogP contribution in [0.2, 0.25) is 5.02 Å². The maximum absolute atomic E-state index is 13.5. The molecule has 1 unspecified atom stereocenters. The minimum Gasteiger partial charge on any atom is -0.492 e. The highest BCUT2D eigenvalue weighted by molar-refractivity contribution is 8.72. The molecule has 0 amide bonds. The lowest BCUT2D eigenvalue weighted by Gasteiger charge is -2.16. The van der Waals surface area contributed by atoms with Gasteiger partial charge in [-0.05, 0) is 48.4 Å². The van der Waals surface area contributed by atoms with Gasteiger partial charge in [0.2, 0.25) is 18.9 Å². The predicted molar refractivity (Wildman–Crippen MR) is 133 cm³/mol. The van der Waals surface area contributed by atoms with Gasteiger partial charge in [-0.15, -0.1) is 0 Å². The summed E-state index contributed by atoms with van der Waals surface area (Å²) in [5.41, 5.74) is 1.12. The minimum absolute atomic E-state index is 0.0439. The number of fused-ring (bicyclic) bond motifs is 1. The Morgan fingerprint density at radius 1 is 1.26 bits per heavy atom. The summed E-state index contributed by atoms with van der Waals surface area (Å²) < 4.78 is 70.6. The molecular formula is C20H20ClFN4O5S3. The lowest BCUT2D eigenvalue weighted by Crippen LogP contribution is -2.23. The van der Waals surface area contributed by atoms with E-state index in [0.29, 0.717) is 33.2 Å². The molecule has 1 fully saturated rings. The van der Waals surface area contributed by atoms with Crippen molar-refractivity contribution in [2.24, 2.45) is 0 Å². The van der Waals surface area contributed by atoms with Gasteiger partial charge in [-0.2, -0.15) is 0 Å². The number of rotatable bonds is 8. The van der Waals surface area contributed by atoms with Gasteiger partial charge in [-0.3, -0.25) is 4.72 Å². The van der Waals surface area contributed by atoms with Crippen LogP contribution in [0.15, 0.2) is 36.7 Å². The monoisotopic (exact) mass is 546 g/mol. The number of nitrogens with one attached hydrogen (secondary N) is 2. The second-order valence-electron chi connectivity index (χ2n) is 7.43. The van der Waals surface area contributed by atoms with E-state index in [1.54, 1.807) is 13.0 Å². The SMILES string of the molecule is CCOc1cc2ncnc(Nc3ccc(F)c(Cl)c3)c2cc1NS(=O)(=O)CC1CCS(=O)(=O)S1. The van der Waals surface area contributed by atoms with E-state index in [1.807, 2.05) is 0 Å². The minimum atomic E-state index is -3.90. The summed E-state index contributed by atoms with van der Waals surface area (Å²) in [6, 6.07) is 7.21. The lowest BCUT2D eigenvalue weighted by molar-refractivity contribution is 0.342. The molecule has 34 heavy (non-hydrogen) atoms. The van der Waals surface area contributed by atoms with Crippen LogP contribution in [0.25, 0.3) is 10.9 Å². The fourth-order valence-corrected chi connectivity index (χ4v) is 9.62. The zero-order chi connectivity index (χ0) is 24.5. The van der Waals surface area contributed by atoms with Gasteiger partial charge in [-0.25, -0.2) is 31.2 Å². The van der Waals surface area contributed by atoms with Crippen LogP contribution >= 0.6 is 22.4 Å². The first-order valence-electron chi connectivity index (χ1n) is 10.1. The van der Waals surface area contributed by atoms with Crippen molar-refractivity contribution >= 4 is 69.4 Å². The molecular weight excluding hydrogens is 527 g/mol. The fraction of sp³-hybridized carbons (Fsp3) is 0.300. The molecule has 1 atom stereocenters. The summed E-state index contributed by atoms with van der Waals surface area (Å²) in [6.07, 6.45) is 1.60. The van der Waals surface area contributed by atoms with Gasteiger partial charge in [0.15, 0.2) is 0 Å². The number of anilines is 3. The van der Waals surface area contributed by atoms with Crippen LogP contribution in [0.3, 0.4) is 0 Å². The Kier molecular flexibility index (Phi) is 7.08. The molecule has 0 bridgehead atoms. The summed E-state index contributed by atoms with van der Waals surface area (Å²) in [7, 11) is -6.50. The Hall–Kier alpha value is -2.35. The summed E-state index contributed by atoms with van der Waals surface area (Å²) in [5.74, 6) is -0.359. The molecule has 182 valence electrons. The molecule has 1 saturated heterocycles. The second kappa shape index (κ2) is 9.72. The zero-order valence-corrected chi connectivity index (χ0v) is 21.0. The summed E-state index contributed by atoms with van der Waals surface area (Å²) in [6.45, 7) is 2.04. The molecule has 2 aromatic carbocycles. The Bertz CT molecular complexity index is 1450. The number of hydrogen-bond donors (Lipinski definition) is 2. The van der Waals surface area contributed by atoms with Crippen LogP contribution in [-0.2, 0) is 18.9 Å². The third-order valence-electron chi connectivity index (χ3n) is 4.86. The Labute approximate surface area is 204 Å². The molecule has 0 radical (unpaired) electrons. The van der Waals surface area contributed by atoms with Crippen molar-refractivity contribution in [3.05, 3.63) is 47.5 Å². The predicted octanol–water partition coefficient (Wildman–Crippen LogP) is 4.14. The van der Waals surface area contributed by atoms with Gasteiger partial charge < -0.3 is 10.1 Å². The van der Waals surface area contributed by atoms with Crippen molar-refractivity contribution in [2.45, 2.75) is 18.6 Å². The summed E-state index contributed by atoms with van der Waals surface area (Å²) >= 11 is 5.86. The van der Waals surface area contributed by atoms with Gasteiger partial charge in [-0.1, -0.05) is 11.6 Å². The van der Waals surface area contributed by atoms with Crippen LogP contribution in [-0.4, -0.2) is 50.2 Å². The number of ether oxygens (including phenoxy) is 1. The molecule has 14 heteroatoms. The third-order valence-corrected chi connectivity index (χ3v) is 10.6. The van der Waals surface area contributed by atoms with Gasteiger partial charge in [0.1, 0.15) is 23.7 Å². The molecule has 4 rings (SSSR count). The summed E-state index contributed by atoms with van der Waals surface area (Å²) in [4.78, 5) is 8.45. The van der Waals surface area contributed by atoms with E-state index < -0.39 is 30.0 Å². The third kappa shape index (κ3) is 5.82. The number of sulfonamides is 1. The molecule has 0 aliphatic carbocycles. The largest absolute Gasteiger partial charge is 0.492 e. The molecule has 9 nitrogen and oxygen atoms in total. The van der Waals surface area contributed by atoms with Crippen molar-refractivity contribution < 1.29 is 26.0 Å². The highest BCUT2D eigenvalue weighted by atomic mass is 35.5. The average Bonchev–Trinajstić information content (AvgIpc) is 3.09. The van der Waals surface area contributed by atoms with Crippen LogP contribution in [0.1, 0.15) is 13.3 Å². The van der Waals surface area contributed by atoms with Crippen molar-refractivity contribution in [2.75, 3.05) is 28.2 Å². The van der Waals surface area contributed by atoms with E-state index in [-0.39, 0.29) is 41.0 Å². The van der Waals surface area contributed by atoms with E-state index in [4.69, 9.17) is 16.3 Å². The highest BCUT2D eigenvalue weighted by Crippen LogP contribution is 2.36. The number of aromatic nitrogens is 2. The topological polar surface area (TPSA) is 127 Å². The quantitative estimate of drug-likeness (QED) is 0.400. The number of benzene rings is 2. The molecule has 0 saturated carbocycles. The molecule has 3 aromatic rings. The lowest BCUT2D eigenvalue weighted by atomic mass is 10.2. The fourth-order valence-electron chi connectivity index (χ4n) is 3.39. The first-order chi connectivity index (χ1) is 16.0. The van der Waals surface area contributed by atoms with Crippen LogP contribution < -0.4 is 14.8 Å². The first-order valence-corrected chi connectivity index (χ1v) is 15.2. The highest BCUT2D eigenvalue weighted by Gasteiger charge is 2.33. The van der Waals surface area contributed by atoms with E-state index in [1.165, 1.54) is 30.6 Å². The van der Waals surface area contributed by atoms with Crippen LogP contribution in [0, 0.1) is 5.82 Å². The molecule has 2 heterocycles. The van der Waals surface area contributed by atoms with Crippen molar-refractivity contribution in [1.82, 2.24) is 9.97 Å². The average molecular weight is 547 g/mol. The number of hydrogen-bond acceptors (Lipinski definition) is 9. The van der Waals surface area contributed by atoms with Gasteiger partial charge in [0, 0.05) is 22.4 Å². The first kappa shape index (κ1) is 24.8. The number of halogens is 2. The Balaban J connectivity index is 1.68. The Morgan fingerprint density at radius 2 is 2.06 bits per heavy atom. The smallest absolute Gasteiger partial charge is 0.233 e. The zero-order valence-electron chi connectivity index (χ0n) is 17.8. The van der Waals surface area contributed by atoms with E-state index in [2.05, 4.69) is 20.0 Å². The molecule has 1 aromatic heterocycles. The molecule has 1 aliphatic rings.